The van der Waals surface area contributed by atoms with Gasteiger partial charge in [0.15, 0.2) is 0 Å². The largest absolute Gasteiger partial charge is 0.756 e. The molecular weight excluding hydrogens is 1070 g/mol. The summed E-state index contributed by atoms with van der Waals surface area (Å²) in [6.07, 6.45) is 93.3. The lowest BCUT2D eigenvalue weighted by atomic mass is 10.0. The van der Waals surface area contributed by atoms with Gasteiger partial charge in [-0.2, -0.15) is 0 Å². The Morgan fingerprint density at radius 2 is 0.729 bits per heavy atom. The van der Waals surface area contributed by atoms with Gasteiger partial charge in [0.05, 0.1) is 39.9 Å². The minimum Gasteiger partial charge on any atom is -0.756 e. The smallest absolute Gasteiger partial charge is 0.268 e. The van der Waals surface area contributed by atoms with Crippen LogP contribution in [0.2, 0.25) is 0 Å². The van der Waals surface area contributed by atoms with Crippen molar-refractivity contribution in [2.75, 3.05) is 40.9 Å². The summed E-state index contributed by atoms with van der Waals surface area (Å²) in [5.41, 5.74) is 0. The molecule has 0 aliphatic carbocycles. The van der Waals surface area contributed by atoms with Crippen LogP contribution in [0.25, 0.3) is 0 Å². The van der Waals surface area contributed by atoms with Crippen LogP contribution in [0.3, 0.4) is 0 Å². The Labute approximate surface area is 529 Å². The number of hydrogen-bond acceptors (Lipinski definition) is 6. The molecule has 85 heavy (non-hydrogen) atoms. The first kappa shape index (κ1) is 82.9. The molecule has 0 spiro atoms. The van der Waals surface area contributed by atoms with Gasteiger partial charge in [0.2, 0.25) is 5.91 Å². The Kier molecular flexibility index (Phi) is 64.8. The first-order valence-electron chi connectivity index (χ1n) is 36.8. The fourth-order valence-corrected chi connectivity index (χ4v) is 11.7. The zero-order valence-corrected chi connectivity index (χ0v) is 58.0. The Morgan fingerprint density at radius 1 is 0.424 bits per heavy atom. The minimum absolute atomic E-state index is 0.00647. The highest BCUT2D eigenvalue weighted by molar-refractivity contribution is 7.45. The number of carbonyl (C=O) groups is 1. The van der Waals surface area contributed by atoms with Crippen molar-refractivity contribution >= 4 is 13.7 Å². The first-order valence-corrected chi connectivity index (χ1v) is 38.3. The molecule has 0 heterocycles. The highest BCUT2D eigenvalue weighted by atomic mass is 31.2. The van der Waals surface area contributed by atoms with Gasteiger partial charge >= 0.3 is 0 Å². The average molecular weight is 1210 g/mol. The van der Waals surface area contributed by atoms with Crippen molar-refractivity contribution < 1.29 is 32.9 Å². The lowest BCUT2D eigenvalue weighted by Crippen LogP contribution is -2.45. The van der Waals surface area contributed by atoms with E-state index >= 15 is 0 Å². The van der Waals surface area contributed by atoms with E-state index in [2.05, 4.69) is 79.9 Å². The molecular formula is C76H143N2O6P. The van der Waals surface area contributed by atoms with Gasteiger partial charge in [-0.05, 0) is 70.6 Å². The maximum absolute atomic E-state index is 13.1. The fourth-order valence-electron chi connectivity index (χ4n) is 11.0. The summed E-state index contributed by atoms with van der Waals surface area (Å²) in [5.74, 6) is -0.202. The van der Waals surface area contributed by atoms with Crippen LogP contribution in [0.15, 0.2) is 72.9 Å². The average Bonchev–Trinajstić information content (AvgIpc) is 3.49. The number of rotatable bonds is 68. The van der Waals surface area contributed by atoms with Crippen molar-refractivity contribution in [2.24, 2.45) is 0 Å². The molecule has 0 bridgehead atoms. The molecule has 0 aromatic heterocycles. The molecule has 0 radical (unpaired) electrons. The predicted molar refractivity (Wildman–Crippen MR) is 371 cm³/mol. The van der Waals surface area contributed by atoms with Gasteiger partial charge in [-0.25, -0.2) is 0 Å². The second kappa shape index (κ2) is 66.4. The van der Waals surface area contributed by atoms with Crippen LogP contribution in [0.4, 0.5) is 0 Å². The summed E-state index contributed by atoms with van der Waals surface area (Å²) in [6, 6.07) is -0.907. The van der Waals surface area contributed by atoms with Gasteiger partial charge in [0.1, 0.15) is 13.2 Å². The third-order valence-corrected chi connectivity index (χ3v) is 17.6. The van der Waals surface area contributed by atoms with Gasteiger partial charge in [-0.1, -0.05) is 350 Å². The number of quaternary nitrogens is 1. The molecule has 3 unspecified atom stereocenters. The van der Waals surface area contributed by atoms with Crippen LogP contribution < -0.4 is 10.2 Å². The second-order valence-electron chi connectivity index (χ2n) is 26.3. The van der Waals surface area contributed by atoms with Gasteiger partial charge in [0.25, 0.3) is 7.82 Å². The zero-order chi connectivity index (χ0) is 61.9. The number of hydrogen-bond donors (Lipinski definition) is 2. The molecule has 0 rings (SSSR count). The van der Waals surface area contributed by atoms with Crippen molar-refractivity contribution in [3.05, 3.63) is 72.9 Å². The molecule has 8 nitrogen and oxygen atoms in total. The second-order valence-corrected chi connectivity index (χ2v) is 27.7. The van der Waals surface area contributed by atoms with Crippen molar-refractivity contribution in [3.63, 3.8) is 0 Å². The number of phosphoric acid groups is 1. The number of nitrogens with zero attached hydrogens (tertiary/aromatic N) is 1. The van der Waals surface area contributed by atoms with Crippen molar-refractivity contribution in [1.82, 2.24) is 5.32 Å². The zero-order valence-electron chi connectivity index (χ0n) is 57.1. The fraction of sp³-hybridized carbons (Fsp3) is 0.829. The topological polar surface area (TPSA) is 108 Å². The SMILES string of the molecule is CC/C=C\C/C=C\C/C=C\C/C=C\CCCCCCCCCCCCCCCCCCCCCCC(=O)NC(COP(=O)([O-])OCC[N+](C)(C)C)C(O)/C=C/CC/C=C/CCCCCCCCCCCCCCCCCCCCCCCCCC. The number of amides is 1. The number of likely N-dealkylation sites (N-methyl/N-ethyl adjacent to an activating group) is 1. The Bertz CT molecular complexity index is 1620. The number of aliphatic hydroxyl groups excluding tert-OH is 1. The summed E-state index contributed by atoms with van der Waals surface area (Å²) in [4.78, 5) is 25.7. The normalized spacial score (nSPS) is 14.0. The van der Waals surface area contributed by atoms with Crippen LogP contribution in [-0.4, -0.2) is 68.5 Å². The lowest BCUT2D eigenvalue weighted by Gasteiger charge is -2.29. The summed E-state index contributed by atoms with van der Waals surface area (Å²) in [7, 11) is 1.25. The molecule has 0 aliphatic rings. The van der Waals surface area contributed by atoms with E-state index in [0.717, 1.165) is 64.2 Å². The van der Waals surface area contributed by atoms with Gasteiger partial charge in [0, 0.05) is 6.42 Å². The van der Waals surface area contributed by atoms with Crippen molar-refractivity contribution in [1.29, 1.82) is 0 Å². The van der Waals surface area contributed by atoms with E-state index < -0.39 is 26.6 Å². The van der Waals surface area contributed by atoms with Crippen molar-refractivity contribution in [2.45, 2.75) is 366 Å². The molecule has 0 saturated carbocycles. The molecule has 9 heteroatoms. The molecule has 498 valence electrons. The summed E-state index contributed by atoms with van der Waals surface area (Å²) in [5, 5.41) is 14.0. The van der Waals surface area contributed by atoms with E-state index in [1.807, 2.05) is 27.2 Å². The summed E-state index contributed by atoms with van der Waals surface area (Å²) < 4.78 is 23.5. The standard InChI is InChI=1S/C76H143N2O6P/c1-6-8-10-12-14-16-18-20-22-24-26-28-30-32-34-36-38-39-40-42-44-46-48-50-52-54-56-58-60-62-64-66-68-70-76(80)77-74(73-84-85(81,82)83-72-71-78(3,4)5)75(79)69-67-65-63-61-59-57-55-53-51-49-47-45-43-41-37-35-33-31-29-27-25-23-21-19-17-15-13-11-9-7-2/h8,10,14,16,20,22,26,28,59,61,67,69,74-75,79H,6-7,9,11-13,15,17-19,21,23-25,27,29-58,60,62-66,68,70-73H2,1-5H3,(H-,77,80,81,82)/b10-8-,16-14-,22-20-,28-26-,61-59+,69-67+. The molecule has 3 atom stereocenters. The number of nitrogens with one attached hydrogen (secondary N) is 1. The van der Waals surface area contributed by atoms with Gasteiger partial charge < -0.3 is 28.8 Å². The summed E-state index contributed by atoms with van der Waals surface area (Å²) in [6.45, 7) is 4.56. The predicted octanol–water partition coefficient (Wildman–Crippen LogP) is 23.1. The molecule has 2 N–H and O–H groups in total. The number of unbranched alkanes of at least 4 members (excludes halogenated alkanes) is 45. The van der Waals surface area contributed by atoms with Crippen LogP contribution >= 0.6 is 7.82 Å². The Balaban J connectivity index is 4.05. The highest BCUT2D eigenvalue weighted by Gasteiger charge is 2.23. The van der Waals surface area contributed by atoms with E-state index in [1.165, 1.54) is 270 Å². The van der Waals surface area contributed by atoms with Crippen molar-refractivity contribution in [3.8, 4) is 0 Å². The molecule has 0 saturated heterocycles. The van der Waals surface area contributed by atoms with Crippen LogP contribution in [0.5, 0.6) is 0 Å². The molecule has 0 aliphatic heterocycles. The highest BCUT2D eigenvalue weighted by Crippen LogP contribution is 2.38. The lowest BCUT2D eigenvalue weighted by molar-refractivity contribution is -0.870. The third-order valence-electron chi connectivity index (χ3n) is 16.7. The summed E-state index contributed by atoms with van der Waals surface area (Å²) >= 11 is 0. The van der Waals surface area contributed by atoms with E-state index in [0.29, 0.717) is 17.4 Å². The quantitative estimate of drug-likeness (QED) is 0.0272. The van der Waals surface area contributed by atoms with Gasteiger partial charge in [-0.3, -0.25) is 9.36 Å². The number of aliphatic hydroxyl groups is 1. The monoisotopic (exact) mass is 1210 g/mol. The Hall–Kier alpha value is -2.06. The minimum atomic E-state index is -4.62. The van der Waals surface area contributed by atoms with E-state index in [4.69, 9.17) is 9.05 Å². The van der Waals surface area contributed by atoms with Crippen LogP contribution in [0.1, 0.15) is 354 Å². The third kappa shape index (κ3) is 69.3. The first-order chi connectivity index (χ1) is 41.5. The van der Waals surface area contributed by atoms with E-state index in [1.54, 1.807) is 6.08 Å². The maximum Gasteiger partial charge on any atom is 0.268 e. The molecule has 0 aromatic carbocycles. The van der Waals surface area contributed by atoms with Gasteiger partial charge in [-0.15, -0.1) is 0 Å². The van der Waals surface area contributed by atoms with Crippen LogP contribution in [0, 0.1) is 0 Å². The maximum atomic E-state index is 13.1. The Morgan fingerprint density at radius 3 is 1.09 bits per heavy atom. The van der Waals surface area contributed by atoms with E-state index in [-0.39, 0.29) is 12.5 Å². The molecule has 0 aromatic rings. The number of phosphoric ester groups is 1. The number of allylic oxidation sites excluding steroid dienone is 11. The molecule has 0 fully saturated rings. The number of carbonyl (C=O) groups excluding carboxylic acids is 1. The van der Waals surface area contributed by atoms with E-state index in [9.17, 15) is 19.4 Å². The van der Waals surface area contributed by atoms with Crippen LogP contribution in [-0.2, 0) is 18.4 Å². The molecule has 1 amide bonds.